The van der Waals surface area contributed by atoms with E-state index in [1.54, 1.807) is 24.4 Å². The van der Waals surface area contributed by atoms with Gasteiger partial charge >= 0.3 is 0 Å². The van der Waals surface area contributed by atoms with Crippen LogP contribution in [0.1, 0.15) is 18.5 Å². The predicted molar refractivity (Wildman–Crippen MR) is 68.2 cm³/mol. The van der Waals surface area contributed by atoms with Crippen molar-refractivity contribution in [1.82, 2.24) is 10.3 Å². The van der Waals surface area contributed by atoms with Crippen molar-refractivity contribution in [3.05, 3.63) is 54.0 Å². The lowest BCUT2D eigenvalue weighted by Crippen LogP contribution is -2.12. The highest BCUT2D eigenvalue weighted by Gasteiger charge is 2.04. The zero-order valence-corrected chi connectivity index (χ0v) is 10.4. The van der Waals surface area contributed by atoms with Gasteiger partial charge in [-0.15, -0.1) is 0 Å². The summed E-state index contributed by atoms with van der Waals surface area (Å²) >= 11 is 0. The van der Waals surface area contributed by atoms with E-state index in [0.717, 1.165) is 5.56 Å². The quantitative estimate of drug-likeness (QED) is 0.898. The van der Waals surface area contributed by atoms with Crippen LogP contribution >= 0.6 is 0 Å². The monoisotopic (exact) mass is 246 g/mol. The van der Waals surface area contributed by atoms with E-state index < -0.39 is 0 Å². The Kier molecular flexibility index (Phi) is 3.89. The molecule has 0 bridgehead atoms. The molecule has 0 amide bonds. The average Bonchev–Trinajstić information content (AvgIpc) is 2.41. The number of nitrogens with zero attached hydrogens (tertiary/aromatic N) is 1. The first-order valence-corrected chi connectivity index (χ1v) is 5.75. The Morgan fingerprint density at radius 3 is 2.44 bits per heavy atom. The molecule has 0 saturated carbocycles. The molecule has 18 heavy (non-hydrogen) atoms. The molecule has 0 radical (unpaired) electrons. The zero-order valence-electron chi connectivity index (χ0n) is 10.4. The van der Waals surface area contributed by atoms with Crippen molar-refractivity contribution in [3.8, 4) is 11.6 Å². The van der Waals surface area contributed by atoms with Gasteiger partial charge in [0.05, 0.1) is 0 Å². The highest BCUT2D eigenvalue weighted by atomic mass is 19.1. The normalized spacial score (nSPS) is 12.2. The molecule has 1 unspecified atom stereocenters. The predicted octanol–water partition coefficient (Wildman–Crippen LogP) is 3.29. The fraction of sp³-hybridized carbons (Fsp3) is 0.214. The molecule has 1 aromatic heterocycles. The molecule has 3 nitrogen and oxygen atoms in total. The highest BCUT2D eigenvalue weighted by molar-refractivity contribution is 5.28. The van der Waals surface area contributed by atoms with Gasteiger partial charge in [0.25, 0.3) is 0 Å². The first-order chi connectivity index (χ1) is 8.69. The Morgan fingerprint density at radius 1 is 1.17 bits per heavy atom. The van der Waals surface area contributed by atoms with Crippen LogP contribution in [0.15, 0.2) is 42.6 Å². The van der Waals surface area contributed by atoms with Gasteiger partial charge in [-0.1, -0.05) is 6.07 Å². The van der Waals surface area contributed by atoms with Gasteiger partial charge in [-0.25, -0.2) is 9.37 Å². The fourth-order valence-electron chi connectivity index (χ4n) is 1.50. The van der Waals surface area contributed by atoms with E-state index >= 15 is 0 Å². The standard InChI is InChI=1S/C14H15FN2O/c1-10(16-2)11-3-8-14(17-9-11)18-13-6-4-12(15)5-7-13/h3-10,16H,1-2H3. The van der Waals surface area contributed by atoms with E-state index in [-0.39, 0.29) is 11.9 Å². The molecule has 2 aromatic rings. The maximum atomic E-state index is 12.7. The van der Waals surface area contributed by atoms with Crippen molar-refractivity contribution in [3.63, 3.8) is 0 Å². The molecule has 0 saturated heterocycles. The lowest BCUT2D eigenvalue weighted by Gasteiger charge is -2.10. The van der Waals surface area contributed by atoms with Gasteiger partial charge in [-0.05, 0) is 43.8 Å². The van der Waals surface area contributed by atoms with E-state index in [2.05, 4.69) is 17.2 Å². The van der Waals surface area contributed by atoms with Gasteiger partial charge in [-0.3, -0.25) is 0 Å². The van der Waals surface area contributed by atoms with Gasteiger partial charge in [0, 0.05) is 18.3 Å². The van der Waals surface area contributed by atoms with E-state index in [1.165, 1.54) is 12.1 Å². The lowest BCUT2D eigenvalue weighted by molar-refractivity contribution is 0.460. The molecule has 1 heterocycles. The molecule has 0 spiro atoms. The van der Waals surface area contributed by atoms with Crippen LogP contribution in [-0.4, -0.2) is 12.0 Å². The van der Waals surface area contributed by atoms with E-state index in [4.69, 9.17) is 4.74 Å². The molecule has 0 fully saturated rings. The van der Waals surface area contributed by atoms with Crippen LogP contribution in [0.25, 0.3) is 0 Å². The number of halogens is 1. The molecule has 2 rings (SSSR count). The Bertz CT molecular complexity index is 496. The molecule has 4 heteroatoms. The highest BCUT2D eigenvalue weighted by Crippen LogP contribution is 2.20. The summed E-state index contributed by atoms with van der Waals surface area (Å²) in [6.07, 6.45) is 1.76. The van der Waals surface area contributed by atoms with Gasteiger partial charge in [-0.2, -0.15) is 0 Å². The summed E-state index contributed by atoms with van der Waals surface area (Å²) in [6, 6.07) is 9.85. The van der Waals surface area contributed by atoms with E-state index in [1.807, 2.05) is 13.1 Å². The first-order valence-electron chi connectivity index (χ1n) is 5.75. The van der Waals surface area contributed by atoms with Crippen molar-refractivity contribution < 1.29 is 9.13 Å². The number of rotatable bonds is 4. The Labute approximate surface area is 106 Å². The minimum atomic E-state index is -0.284. The van der Waals surface area contributed by atoms with Crippen LogP contribution in [-0.2, 0) is 0 Å². The molecular weight excluding hydrogens is 231 g/mol. The van der Waals surface area contributed by atoms with Gasteiger partial charge in [0.1, 0.15) is 11.6 Å². The maximum Gasteiger partial charge on any atom is 0.219 e. The molecule has 0 aliphatic carbocycles. The average molecular weight is 246 g/mol. The fourth-order valence-corrected chi connectivity index (χ4v) is 1.50. The summed E-state index contributed by atoms with van der Waals surface area (Å²) in [7, 11) is 1.90. The summed E-state index contributed by atoms with van der Waals surface area (Å²) in [5.41, 5.74) is 1.09. The molecule has 1 atom stereocenters. The molecular formula is C14H15FN2O. The summed E-state index contributed by atoms with van der Waals surface area (Å²) < 4.78 is 18.2. The number of hydrogen-bond donors (Lipinski definition) is 1. The lowest BCUT2D eigenvalue weighted by atomic mass is 10.1. The number of aromatic nitrogens is 1. The summed E-state index contributed by atoms with van der Waals surface area (Å²) in [4.78, 5) is 4.21. The van der Waals surface area contributed by atoms with Crippen LogP contribution in [0.5, 0.6) is 11.6 Å². The van der Waals surface area contributed by atoms with Crippen molar-refractivity contribution in [2.45, 2.75) is 13.0 Å². The van der Waals surface area contributed by atoms with Crippen LogP contribution < -0.4 is 10.1 Å². The van der Waals surface area contributed by atoms with Crippen molar-refractivity contribution in [2.24, 2.45) is 0 Å². The van der Waals surface area contributed by atoms with Crippen LogP contribution in [0.2, 0.25) is 0 Å². The van der Waals surface area contributed by atoms with Gasteiger partial charge in [0.15, 0.2) is 0 Å². The molecule has 0 aliphatic heterocycles. The van der Waals surface area contributed by atoms with Crippen molar-refractivity contribution in [1.29, 1.82) is 0 Å². The first kappa shape index (κ1) is 12.5. The second-order valence-corrected chi connectivity index (χ2v) is 4.00. The van der Waals surface area contributed by atoms with Gasteiger partial charge < -0.3 is 10.1 Å². The Balaban J connectivity index is 2.08. The van der Waals surface area contributed by atoms with Gasteiger partial charge in [0.2, 0.25) is 5.88 Å². The SMILES string of the molecule is CNC(C)c1ccc(Oc2ccc(F)cc2)nc1. The smallest absolute Gasteiger partial charge is 0.219 e. The summed E-state index contributed by atoms with van der Waals surface area (Å²) in [5.74, 6) is 0.778. The van der Waals surface area contributed by atoms with Crippen LogP contribution in [0, 0.1) is 5.82 Å². The molecule has 1 N–H and O–H groups in total. The topological polar surface area (TPSA) is 34.1 Å². The Hall–Kier alpha value is -1.94. The van der Waals surface area contributed by atoms with Crippen molar-refractivity contribution in [2.75, 3.05) is 7.05 Å². The number of pyridine rings is 1. The maximum absolute atomic E-state index is 12.7. The minimum Gasteiger partial charge on any atom is -0.439 e. The third-order valence-corrected chi connectivity index (χ3v) is 2.73. The molecule has 0 aliphatic rings. The number of hydrogen-bond acceptors (Lipinski definition) is 3. The zero-order chi connectivity index (χ0) is 13.0. The summed E-state index contributed by atoms with van der Waals surface area (Å²) in [5, 5.41) is 3.13. The summed E-state index contributed by atoms with van der Waals surface area (Å²) in [6.45, 7) is 2.05. The van der Waals surface area contributed by atoms with E-state index in [0.29, 0.717) is 11.6 Å². The second-order valence-electron chi connectivity index (χ2n) is 4.00. The molecule has 94 valence electrons. The second kappa shape index (κ2) is 5.60. The van der Waals surface area contributed by atoms with Crippen LogP contribution in [0.3, 0.4) is 0 Å². The van der Waals surface area contributed by atoms with Crippen molar-refractivity contribution >= 4 is 0 Å². The number of ether oxygens (including phenoxy) is 1. The number of nitrogens with one attached hydrogen (secondary N) is 1. The number of benzene rings is 1. The Morgan fingerprint density at radius 2 is 1.89 bits per heavy atom. The minimum absolute atomic E-state index is 0.248. The van der Waals surface area contributed by atoms with Crippen LogP contribution in [0.4, 0.5) is 4.39 Å². The van der Waals surface area contributed by atoms with E-state index in [9.17, 15) is 4.39 Å². The third-order valence-electron chi connectivity index (χ3n) is 2.73. The largest absolute Gasteiger partial charge is 0.439 e. The third kappa shape index (κ3) is 3.05. The molecule has 1 aromatic carbocycles.